The molecule has 2 nitrogen and oxygen atoms in total. The third-order valence-corrected chi connectivity index (χ3v) is 2.96. The summed E-state index contributed by atoms with van der Waals surface area (Å²) in [5, 5.41) is 2.94. The zero-order valence-electron chi connectivity index (χ0n) is 7.50. The summed E-state index contributed by atoms with van der Waals surface area (Å²) < 4.78 is 0. The molecule has 1 rings (SSSR count). The molecule has 1 atom stereocenters. The average molecular weight is 218 g/mol. The van der Waals surface area contributed by atoms with Crippen molar-refractivity contribution in [3.8, 4) is 0 Å². The van der Waals surface area contributed by atoms with E-state index in [0.29, 0.717) is 5.88 Å². The number of carbonyl (C=O) groups excluding carboxylic acids is 1. The lowest BCUT2D eigenvalue weighted by atomic mass is 9.99. The van der Waals surface area contributed by atoms with Gasteiger partial charge in [0, 0.05) is 29.8 Å². The molecule has 13 heavy (non-hydrogen) atoms. The number of thiazole rings is 1. The third kappa shape index (κ3) is 3.44. The van der Waals surface area contributed by atoms with Crippen LogP contribution >= 0.6 is 22.9 Å². The Bertz CT molecular complexity index is 261. The molecule has 0 spiro atoms. The number of nitrogens with zero attached hydrogens (tertiary/aromatic N) is 1. The lowest BCUT2D eigenvalue weighted by Gasteiger charge is -2.09. The number of ketones is 1. The van der Waals surface area contributed by atoms with Gasteiger partial charge >= 0.3 is 0 Å². The van der Waals surface area contributed by atoms with Gasteiger partial charge in [-0.3, -0.25) is 4.79 Å². The van der Waals surface area contributed by atoms with E-state index in [9.17, 15) is 4.79 Å². The zero-order chi connectivity index (χ0) is 9.68. The third-order valence-electron chi connectivity index (χ3n) is 1.94. The van der Waals surface area contributed by atoms with Crippen LogP contribution in [0.2, 0.25) is 0 Å². The van der Waals surface area contributed by atoms with Crippen LogP contribution in [0.5, 0.6) is 0 Å². The van der Waals surface area contributed by atoms with Crippen LogP contribution < -0.4 is 0 Å². The van der Waals surface area contributed by atoms with Gasteiger partial charge in [0.15, 0.2) is 0 Å². The maximum Gasteiger partial charge on any atom is 0.133 e. The minimum Gasteiger partial charge on any atom is -0.300 e. The smallest absolute Gasteiger partial charge is 0.133 e. The Labute approximate surface area is 86.9 Å². The molecule has 72 valence electrons. The highest BCUT2D eigenvalue weighted by Crippen LogP contribution is 2.15. The van der Waals surface area contributed by atoms with Crippen molar-refractivity contribution in [1.82, 2.24) is 4.98 Å². The van der Waals surface area contributed by atoms with E-state index in [-0.39, 0.29) is 11.7 Å². The zero-order valence-corrected chi connectivity index (χ0v) is 9.07. The van der Waals surface area contributed by atoms with Crippen LogP contribution in [0.1, 0.15) is 18.4 Å². The number of carbonyl (C=O) groups is 1. The van der Waals surface area contributed by atoms with Gasteiger partial charge in [-0.2, -0.15) is 0 Å². The molecule has 0 radical (unpaired) electrons. The highest BCUT2D eigenvalue weighted by molar-refractivity contribution is 7.09. The van der Waals surface area contributed by atoms with Crippen LogP contribution in [0.25, 0.3) is 0 Å². The standard InChI is InChI=1S/C9H12ClNOS/c1-7(12)8(2-3-10)6-9-11-4-5-13-9/h4-5,8H,2-3,6H2,1H3. The molecule has 1 aromatic rings. The first-order chi connectivity index (χ1) is 6.24. The molecule has 0 aliphatic carbocycles. The minimum atomic E-state index is 0.0450. The van der Waals surface area contributed by atoms with Gasteiger partial charge in [-0.1, -0.05) is 0 Å². The fourth-order valence-corrected chi connectivity index (χ4v) is 2.11. The van der Waals surface area contributed by atoms with Crippen LogP contribution in [-0.2, 0) is 11.2 Å². The van der Waals surface area contributed by atoms with E-state index in [0.717, 1.165) is 17.8 Å². The average Bonchev–Trinajstić information content (AvgIpc) is 2.56. The SMILES string of the molecule is CC(=O)C(CCCl)Cc1nccs1. The number of rotatable bonds is 5. The molecule has 1 unspecified atom stereocenters. The molecule has 0 aliphatic rings. The number of hydrogen-bond acceptors (Lipinski definition) is 3. The molecule has 0 amide bonds. The normalized spacial score (nSPS) is 12.8. The molecule has 0 fully saturated rings. The van der Waals surface area contributed by atoms with Crippen LogP contribution in [0.15, 0.2) is 11.6 Å². The number of aromatic nitrogens is 1. The van der Waals surface area contributed by atoms with Crippen molar-refractivity contribution in [1.29, 1.82) is 0 Å². The number of halogens is 1. The van der Waals surface area contributed by atoms with E-state index in [1.165, 1.54) is 0 Å². The van der Waals surface area contributed by atoms with Crippen molar-refractivity contribution >= 4 is 28.7 Å². The second-order valence-electron chi connectivity index (χ2n) is 2.92. The summed E-state index contributed by atoms with van der Waals surface area (Å²) in [6, 6.07) is 0. The molecule has 1 aromatic heterocycles. The van der Waals surface area contributed by atoms with E-state index in [1.54, 1.807) is 24.5 Å². The summed E-state index contributed by atoms with van der Waals surface area (Å²) in [5.41, 5.74) is 0. The van der Waals surface area contributed by atoms with Gasteiger partial charge < -0.3 is 0 Å². The highest BCUT2D eigenvalue weighted by Gasteiger charge is 2.15. The molecule has 4 heteroatoms. The lowest BCUT2D eigenvalue weighted by molar-refractivity contribution is -0.120. The maximum absolute atomic E-state index is 11.2. The van der Waals surface area contributed by atoms with Crippen molar-refractivity contribution in [2.24, 2.45) is 5.92 Å². The molecular formula is C9H12ClNOS. The Kier molecular flexibility index (Phi) is 4.39. The lowest BCUT2D eigenvalue weighted by Crippen LogP contribution is -2.14. The Hall–Kier alpha value is -0.410. The van der Waals surface area contributed by atoms with Crippen molar-refractivity contribution in [2.45, 2.75) is 19.8 Å². The summed E-state index contributed by atoms with van der Waals surface area (Å²) in [7, 11) is 0. The molecule has 0 aromatic carbocycles. The van der Waals surface area contributed by atoms with Gasteiger partial charge in [-0.25, -0.2) is 4.98 Å². The number of Topliss-reactive ketones (excluding diaryl/α,β-unsaturated/α-hetero) is 1. The largest absolute Gasteiger partial charge is 0.300 e. The second-order valence-corrected chi connectivity index (χ2v) is 4.27. The maximum atomic E-state index is 11.2. The Morgan fingerprint density at radius 2 is 2.54 bits per heavy atom. The van der Waals surface area contributed by atoms with Crippen molar-refractivity contribution in [2.75, 3.05) is 5.88 Å². The second kappa shape index (κ2) is 5.35. The number of alkyl halides is 1. The van der Waals surface area contributed by atoms with Gasteiger partial charge in [0.1, 0.15) is 5.78 Å². The highest BCUT2D eigenvalue weighted by atomic mass is 35.5. The van der Waals surface area contributed by atoms with Crippen LogP contribution in [0.4, 0.5) is 0 Å². The fourth-order valence-electron chi connectivity index (χ4n) is 1.15. The van der Waals surface area contributed by atoms with E-state index in [4.69, 9.17) is 11.6 Å². The topological polar surface area (TPSA) is 30.0 Å². The predicted molar refractivity (Wildman–Crippen MR) is 55.3 cm³/mol. The molecule has 0 aliphatic heterocycles. The van der Waals surface area contributed by atoms with Crippen LogP contribution in [-0.4, -0.2) is 16.6 Å². The number of hydrogen-bond donors (Lipinski definition) is 0. The molecule has 0 saturated carbocycles. The Morgan fingerprint density at radius 3 is 3.00 bits per heavy atom. The molecule has 0 saturated heterocycles. The Morgan fingerprint density at radius 1 is 1.77 bits per heavy atom. The van der Waals surface area contributed by atoms with Gasteiger partial charge in [-0.15, -0.1) is 22.9 Å². The van der Waals surface area contributed by atoms with E-state index in [2.05, 4.69) is 4.98 Å². The predicted octanol–water partition coefficient (Wildman–Crippen LogP) is 2.52. The first-order valence-corrected chi connectivity index (χ1v) is 5.60. The van der Waals surface area contributed by atoms with Crippen LogP contribution in [0.3, 0.4) is 0 Å². The summed E-state index contributed by atoms with van der Waals surface area (Å²) >= 11 is 7.20. The molecule has 0 bridgehead atoms. The van der Waals surface area contributed by atoms with Gasteiger partial charge in [-0.05, 0) is 13.3 Å². The first kappa shape index (κ1) is 10.7. The van der Waals surface area contributed by atoms with Crippen molar-refractivity contribution < 1.29 is 4.79 Å². The summed E-state index contributed by atoms with van der Waals surface area (Å²) in [6.45, 7) is 1.62. The molecule has 0 N–H and O–H groups in total. The Balaban J connectivity index is 2.52. The van der Waals surface area contributed by atoms with E-state index < -0.39 is 0 Å². The molecule has 1 heterocycles. The van der Waals surface area contributed by atoms with Crippen LogP contribution in [0, 0.1) is 5.92 Å². The summed E-state index contributed by atoms with van der Waals surface area (Å²) in [6.07, 6.45) is 3.24. The van der Waals surface area contributed by atoms with Gasteiger partial charge in [0.25, 0.3) is 0 Å². The van der Waals surface area contributed by atoms with E-state index >= 15 is 0 Å². The summed E-state index contributed by atoms with van der Waals surface area (Å²) in [5.74, 6) is 0.787. The van der Waals surface area contributed by atoms with Gasteiger partial charge in [0.2, 0.25) is 0 Å². The van der Waals surface area contributed by atoms with Gasteiger partial charge in [0.05, 0.1) is 5.01 Å². The quantitative estimate of drug-likeness (QED) is 0.710. The minimum absolute atomic E-state index is 0.0450. The molecular weight excluding hydrogens is 206 g/mol. The van der Waals surface area contributed by atoms with E-state index in [1.807, 2.05) is 5.38 Å². The fraction of sp³-hybridized carbons (Fsp3) is 0.556. The monoisotopic (exact) mass is 217 g/mol. The first-order valence-electron chi connectivity index (χ1n) is 4.19. The van der Waals surface area contributed by atoms with Crippen molar-refractivity contribution in [3.63, 3.8) is 0 Å². The summed E-state index contributed by atoms with van der Waals surface area (Å²) in [4.78, 5) is 15.3. The van der Waals surface area contributed by atoms with Crippen molar-refractivity contribution in [3.05, 3.63) is 16.6 Å².